The minimum atomic E-state index is 0.394. The molecule has 2 nitrogen and oxygen atoms in total. The molecule has 0 saturated carbocycles. The fourth-order valence-electron chi connectivity index (χ4n) is 1.43. The maximum absolute atomic E-state index is 4.99. The highest BCUT2D eigenvalue weighted by Crippen LogP contribution is 2.12. The third-order valence-corrected chi connectivity index (χ3v) is 2.30. The first-order chi connectivity index (χ1) is 6.74. The van der Waals surface area contributed by atoms with Crippen molar-refractivity contribution in [2.24, 2.45) is 0 Å². The molecule has 0 heterocycles. The number of methoxy groups -OCH3 is 1. The number of rotatable bonds is 5. The Kier molecular flexibility index (Phi) is 4.63. The van der Waals surface area contributed by atoms with Crippen molar-refractivity contribution in [2.45, 2.75) is 19.9 Å². The molecule has 0 saturated heterocycles. The Morgan fingerprint density at radius 2 is 2.21 bits per heavy atom. The molecule has 0 radical (unpaired) electrons. The summed E-state index contributed by atoms with van der Waals surface area (Å²) in [6.07, 6.45) is 0. The highest BCUT2D eigenvalue weighted by atomic mass is 16.5. The van der Waals surface area contributed by atoms with Crippen LogP contribution in [0.5, 0.6) is 0 Å². The van der Waals surface area contributed by atoms with Crippen LogP contribution in [-0.2, 0) is 4.74 Å². The van der Waals surface area contributed by atoms with Crippen molar-refractivity contribution >= 4 is 0 Å². The van der Waals surface area contributed by atoms with E-state index in [0.717, 1.165) is 13.2 Å². The molecule has 0 aromatic heterocycles. The average molecular weight is 193 g/mol. The first kappa shape index (κ1) is 11.2. The van der Waals surface area contributed by atoms with Crippen LogP contribution in [0.1, 0.15) is 24.1 Å². The lowest BCUT2D eigenvalue weighted by atomic mass is 10.1. The van der Waals surface area contributed by atoms with Gasteiger partial charge in [0.2, 0.25) is 0 Å². The number of benzene rings is 1. The van der Waals surface area contributed by atoms with Gasteiger partial charge in [-0.05, 0) is 19.4 Å². The van der Waals surface area contributed by atoms with Gasteiger partial charge in [0.15, 0.2) is 0 Å². The van der Waals surface area contributed by atoms with E-state index in [1.165, 1.54) is 11.1 Å². The van der Waals surface area contributed by atoms with Gasteiger partial charge in [0.1, 0.15) is 0 Å². The van der Waals surface area contributed by atoms with Crippen molar-refractivity contribution in [3.05, 3.63) is 35.4 Å². The van der Waals surface area contributed by atoms with Gasteiger partial charge in [0.25, 0.3) is 0 Å². The first-order valence-electron chi connectivity index (χ1n) is 5.03. The van der Waals surface area contributed by atoms with Crippen LogP contribution in [0, 0.1) is 6.92 Å². The molecule has 78 valence electrons. The van der Waals surface area contributed by atoms with E-state index in [4.69, 9.17) is 4.74 Å². The van der Waals surface area contributed by atoms with E-state index in [-0.39, 0.29) is 0 Å². The minimum absolute atomic E-state index is 0.394. The Balaban J connectivity index is 2.47. The maximum Gasteiger partial charge on any atom is 0.0587 e. The molecule has 1 aromatic carbocycles. The Hall–Kier alpha value is -0.860. The van der Waals surface area contributed by atoms with Gasteiger partial charge in [0, 0.05) is 19.7 Å². The highest BCUT2D eigenvalue weighted by Gasteiger charge is 2.03. The fourth-order valence-corrected chi connectivity index (χ4v) is 1.43. The summed E-state index contributed by atoms with van der Waals surface area (Å²) in [5.41, 5.74) is 2.64. The van der Waals surface area contributed by atoms with Crippen LogP contribution in [0.25, 0.3) is 0 Å². The average Bonchev–Trinajstić information content (AvgIpc) is 2.18. The molecule has 1 N–H and O–H groups in total. The van der Waals surface area contributed by atoms with Gasteiger partial charge in [-0.15, -0.1) is 0 Å². The van der Waals surface area contributed by atoms with Crippen LogP contribution in [-0.4, -0.2) is 20.3 Å². The SMILES string of the molecule is COCCN[C@@H](C)c1cccc(C)c1. The molecule has 0 spiro atoms. The first-order valence-corrected chi connectivity index (χ1v) is 5.03. The van der Waals surface area contributed by atoms with Crippen LogP contribution in [0.4, 0.5) is 0 Å². The Bertz CT molecular complexity index is 273. The summed E-state index contributed by atoms with van der Waals surface area (Å²) in [5, 5.41) is 3.40. The van der Waals surface area contributed by atoms with Gasteiger partial charge < -0.3 is 10.1 Å². The third kappa shape index (κ3) is 3.48. The Morgan fingerprint density at radius 3 is 2.86 bits per heavy atom. The summed E-state index contributed by atoms with van der Waals surface area (Å²) in [4.78, 5) is 0. The molecule has 14 heavy (non-hydrogen) atoms. The van der Waals surface area contributed by atoms with Gasteiger partial charge >= 0.3 is 0 Å². The summed E-state index contributed by atoms with van der Waals surface area (Å²) in [7, 11) is 1.72. The zero-order valence-corrected chi connectivity index (χ0v) is 9.21. The van der Waals surface area contributed by atoms with Gasteiger partial charge in [-0.1, -0.05) is 29.8 Å². The van der Waals surface area contributed by atoms with E-state index in [1.807, 2.05) is 0 Å². The lowest BCUT2D eigenvalue weighted by Gasteiger charge is -2.14. The number of hydrogen-bond acceptors (Lipinski definition) is 2. The van der Waals surface area contributed by atoms with Gasteiger partial charge in [-0.25, -0.2) is 0 Å². The minimum Gasteiger partial charge on any atom is -0.383 e. The molecule has 0 aliphatic carbocycles. The molecule has 0 amide bonds. The van der Waals surface area contributed by atoms with Crippen LogP contribution >= 0.6 is 0 Å². The van der Waals surface area contributed by atoms with Crippen molar-refractivity contribution in [3.63, 3.8) is 0 Å². The summed E-state index contributed by atoms with van der Waals surface area (Å²) in [6, 6.07) is 8.97. The lowest BCUT2D eigenvalue weighted by molar-refractivity contribution is 0.196. The van der Waals surface area contributed by atoms with E-state index in [1.54, 1.807) is 7.11 Å². The summed E-state index contributed by atoms with van der Waals surface area (Å²) in [6.45, 7) is 5.94. The number of aryl methyl sites for hydroxylation is 1. The zero-order valence-electron chi connectivity index (χ0n) is 9.21. The normalized spacial score (nSPS) is 12.8. The molecule has 0 bridgehead atoms. The molecular weight excluding hydrogens is 174 g/mol. The molecule has 2 heteroatoms. The quantitative estimate of drug-likeness (QED) is 0.724. The molecule has 1 aromatic rings. The molecule has 0 aliphatic heterocycles. The third-order valence-electron chi connectivity index (χ3n) is 2.30. The van der Waals surface area contributed by atoms with Crippen LogP contribution in [0.2, 0.25) is 0 Å². The van der Waals surface area contributed by atoms with Gasteiger partial charge in [0.05, 0.1) is 6.61 Å². The van der Waals surface area contributed by atoms with Crippen molar-refractivity contribution in [1.29, 1.82) is 0 Å². The largest absolute Gasteiger partial charge is 0.383 e. The van der Waals surface area contributed by atoms with Crippen molar-refractivity contribution in [3.8, 4) is 0 Å². The Morgan fingerprint density at radius 1 is 1.43 bits per heavy atom. The maximum atomic E-state index is 4.99. The van der Waals surface area contributed by atoms with Crippen molar-refractivity contribution in [1.82, 2.24) is 5.32 Å². The van der Waals surface area contributed by atoms with Gasteiger partial charge in [-0.3, -0.25) is 0 Å². The molecule has 0 aliphatic rings. The predicted molar refractivity (Wildman–Crippen MR) is 59.5 cm³/mol. The topological polar surface area (TPSA) is 21.3 Å². The highest BCUT2D eigenvalue weighted by molar-refractivity contribution is 5.24. The second-order valence-corrected chi connectivity index (χ2v) is 3.58. The molecule has 0 fully saturated rings. The van der Waals surface area contributed by atoms with Crippen molar-refractivity contribution in [2.75, 3.05) is 20.3 Å². The lowest BCUT2D eigenvalue weighted by Crippen LogP contribution is -2.22. The van der Waals surface area contributed by atoms with Crippen molar-refractivity contribution < 1.29 is 4.74 Å². The van der Waals surface area contributed by atoms with E-state index in [9.17, 15) is 0 Å². The van der Waals surface area contributed by atoms with Crippen LogP contribution in [0.15, 0.2) is 24.3 Å². The number of nitrogens with one attached hydrogen (secondary N) is 1. The summed E-state index contributed by atoms with van der Waals surface area (Å²) in [5.74, 6) is 0. The number of hydrogen-bond donors (Lipinski definition) is 1. The van der Waals surface area contributed by atoms with E-state index in [0.29, 0.717) is 6.04 Å². The standard InChI is InChI=1S/C12H19NO/c1-10-5-4-6-12(9-10)11(2)13-7-8-14-3/h4-6,9,11,13H,7-8H2,1-3H3/t11-/m0/s1. The smallest absolute Gasteiger partial charge is 0.0587 e. The predicted octanol–water partition coefficient (Wildman–Crippen LogP) is 2.29. The Labute approximate surface area is 86.3 Å². The monoisotopic (exact) mass is 193 g/mol. The van der Waals surface area contributed by atoms with E-state index in [2.05, 4.69) is 43.4 Å². The van der Waals surface area contributed by atoms with Crippen LogP contribution < -0.4 is 5.32 Å². The number of ether oxygens (including phenoxy) is 1. The molecule has 0 unspecified atom stereocenters. The van der Waals surface area contributed by atoms with Gasteiger partial charge in [-0.2, -0.15) is 0 Å². The van der Waals surface area contributed by atoms with E-state index < -0.39 is 0 Å². The zero-order chi connectivity index (χ0) is 10.4. The fraction of sp³-hybridized carbons (Fsp3) is 0.500. The molecule has 1 atom stereocenters. The second kappa shape index (κ2) is 5.78. The van der Waals surface area contributed by atoms with E-state index >= 15 is 0 Å². The molecular formula is C12H19NO. The summed E-state index contributed by atoms with van der Waals surface area (Å²) < 4.78 is 4.99. The second-order valence-electron chi connectivity index (χ2n) is 3.58. The molecule has 1 rings (SSSR count). The van der Waals surface area contributed by atoms with Crippen LogP contribution in [0.3, 0.4) is 0 Å². The summed E-state index contributed by atoms with van der Waals surface area (Å²) >= 11 is 0.